The standard InChI is InChI=1S/C15H20N2/c1-4-11-5-6-12-7-8-17-14(13(12)9-11)10-15(2,3)16/h5-9H,4,10,16H2,1-3H3. The highest BCUT2D eigenvalue weighted by Gasteiger charge is 2.14. The molecular formula is C15H20N2. The third-order valence-corrected chi connectivity index (χ3v) is 2.94. The Morgan fingerprint density at radius 1 is 1.24 bits per heavy atom. The van der Waals surface area contributed by atoms with Gasteiger partial charge in [-0.15, -0.1) is 0 Å². The van der Waals surface area contributed by atoms with Crippen LogP contribution in [0.25, 0.3) is 10.8 Å². The first-order valence-electron chi connectivity index (χ1n) is 6.15. The Morgan fingerprint density at radius 2 is 2.00 bits per heavy atom. The minimum absolute atomic E-state index is 0.219. The van der Waals surface area contributed by atoms with Gasteiger partial charge in [0.05, 0.1) is 0 Å². The Balaban J connectivity index is 2.54. The molecule has 0 fully saturated rings. The predicted molar refractivity (Wildman–Crippen MR) is 73.1 cm³/mol. The SMILES string of the molecule is CCc1ccc2ccnc(CC(C)(C)N)c2c1. The second kappa shape index (κ2) is 4.46. The molecule has 90 valence electrons. The number of hydrogen-bond acceptors (Lipinski definition) is 2. The van der Waals surface area contributed by atoms with E-state index in [9.17, 15) is 0 Å². The number of fused-ring (bicyclic) bond motifs is 1. The van der Waals surface area contributed by atoms with Gasteiger partial charge in [0.25, 0.3) is 0 Å². The van der Waals surface area contributed by atoms with Gasteiger partial charge in [-0.05, 0) is 43.4 Å². The molecule has 0 aliphatic rings. The van der Waals surface area contributed by atoms with E-state index < -0.39 is 0 Å². The van der Waals surface area contributed by atoms with Crippen LogP contribution in [0.2, 0.25) is 0 Å². The average Bonchev–Trinajstić information content (AvgIpc) is 2.27. The second-order valence-corrected chi connectivity index (χ2v) is 5.33. The lowest BCUT2D eigenvalue weighted by Crippen LogP contribution is -2.34. The molecule has 0 spiro atoms. The molecule has 2 heteroatoms. The molecular weight excluding hydrogens is 208 g/mol. The summed E-state index contributed by atoms with van der Waals surface area (Å²) in [5.41, 5.74) is 8.32. The Kier molecular flexibility index (Phi) is 3.16. The summed E-state index contributed by atoms with van der Waals surface area (Å²) in [6.07, 6.45) is 3.73. The third-order valence-electron chi connectivity index (χ3n) is 2.94. The molecule has 1 aromatic heterocycles. The van der Waals surface area contributed by atoms with Gasteiger partial charge in [0, 0.05) is 29.2 Å². The molecule has 2 nitrogen and oxygen atoms in total. The number of hydrogen-bond donors (Lipinski definition) is 1. The fraction of sp³-hybridized carbons (Fsp3) is 0.400. The zero-order valence-corrected chi connectivity index (χ0v) is 10.8. The van der Waals surface area contributed by atoms with Gasteiger partial charge in [0.15, 0.2) is 0 Å². The summed E-state index contributed by atoms with van der Waals surface area (Å²) < 4.78 is 0. The molecule has 0 amide bonds. The first-order chi connectivity index (χ1) is 7.99. The summed E-state index contributed by atoms with van der Waals surface area (Å²) in [5.74, 6) is 0. The Hall–Kier alpha value is -1.41. The van der Waals surface area contributed by atoms with E-state index >= 15 is 0 Å². The van der Waals surface area contributed by atoms with Crippen molar-refractivity contribution in [2.75, 3.05) is 0 Å². The van der Waals surface area contributed by atoms with Crippen molar-refractivity contribution in [3.05, 3.63) is 41.7 Å². The lowest BCUT2D eigenvalue weighted by atomic mass is 9.95. The van der Waals surface area contributed by atoms with Gasteiger partial charge in [-0.3, -0.25) is 4.98 Å². The maximum absolute atomic E-state index is 6.09. The molecule has 0 atom stereocenters. The normalized spacial score (nSPS) is 12.0. The van der Waals surface area contributed by atoms with Crippen LogP contribution in [0, 0.1) is 0 Å². The van der Waals surface area contributed by atoms with Gasteiger partial charge in [-0.2, -0.15) is 0 Å². The van der Waals surface area contributed by atoms with Gasteiger partial charge in [-0.1, -0.05) is 19.1 Å². The van der Waals surface area contributed by atoms with Crippen molar-refractivity contribution in [3.8, 4) is 0 Å². The van der Waals surface area contributed by atoms with Crippen LogP contribution >= 0.6 is 0 Å². The van der Waals surface area contributed by atoms with Crippen LogP contribution in [0.5, 0.6) is 0 Å². The predicted octanol–water partition coefficient (Wildman–Crippen LogP) is 3.08. The molecule has 0 saturated heterocycles. The van der Waals surface area contributed by atoms with Crippen LogP contribution in [0.15, 0.2) is 30.5 Å². The van der Waals surface area contributed by atoms with Crippen LogP contribution in [0.3, 0.4) is 0 Å². The van der Waals surface area contributed by atoms with E-state index in [1.54, 1.807) is 0 Å². The average molecular weight is 228 g/mol. The second-order valence-electron chi connectivity index (χ2n) is 5.33. The summed E-state index contributed by atoms with van der Waals surface area (Å²) in [4.78, 5) is 4.49. The fourth-order valence-electron chi connectivity index (χ4n) is 2.07. The highest BCUT2D eigenvalue weighted by molar-refractivity contribution is 5.85. The third kappa shape index (κ3) is 2.83. The molecule has 0 aliphatic carbocycles. The summed E-state index contributed by atoms with van der Waals surface area (Å²) in [7, 11) is 0. The van der Waals surface area contributed by atoms with Crippen LogP contribution < -0.4 is 5.73 Å². The molecule has 0 unspecified atom stereocenters. The van der Waals surface area contributed by atoms with Gasteiger partial charge in [0.2, 0.25) is 0 Å². The zero-order valence-electron chi connectivity index (χ0n) is 10.8. The van der Waals surface area contributed by atoms with Crippen LogP contribution in [0.4, 0.5) is 0 Å². The summed E-state index contributed by atoms with van der Waals surface area (Å²) >= 11 is 0. The van der Waals surface area contributed by atoms with Crippen molar-refractivity contribution in [3.63, 3.8) is 0 Å². The first kappa shape index (κ1) is 12.1. The maximum Gasteiger partial charge on any atom is 0.0500 e. The van der Waals surface area contributed by atoms with Gasteiger partial charge in [0.1, 0.15) is 0 Å². The maximum atomic E-state index is 6.09. The van der Waals surface area contributed by atoms with Gasteiger partial charge < -0.3 is 5.73 Å². The number of rotatable bonds is 3. The molecule has 2 N–H and O–H groups in total. The number of benzene rings is 1. The molecule has 0 bridgehead atoms. The topological polar surface area (TPSA) is 38.9 Å². The van der Waals surface area contributed by atoms with E-state index in [1.807, 2.05) is 20.0 Å². The zero-order chi connectivity index (χ0) is 12.5. The lowest BCUT2D eigenvalue weighted by molar-refractivity contribution is 0.512. The molecule has 1 aromatic carbocycles. The van der Waals surface area contributed by atoms with E-state index in [4.69, 9.17) is 5.73 Å². The Morgan fingerprint density at radius 3 is 2.65 bits per heavy atom. The molecule has 1 heterocycles. The largest absolute Gasteiger partial charge is 0.325 e. The van der Waals surface area contributed by atoms with Gasteiger partial charge in [-0.25, -0.2) is 0 Å². The van der Waals surface area contributed by atoms with E-state index in [0.717, 1.165) is 18.5 Å². The quantitative estimate of drug-likeness (QED) is 0.876. The van der Waals surface area contributed by atoms with Crippen molar-refractivity contribution in [1.29, 1.82) is 0 Å². The Labute approximate surface area is 103 Å². The highest BCUT2D eigenvalue weighted by Crippen LogP contribution is 2.21. The number of nitrogens with zero attached hydrogens (tertiary/aromatic N) is 1. The Bertz CT molecular complexity index is 524. The van der Waals surface area contributed by atoms with E-state index in [-0.39, 0.29) is 5.54 Å². The van der Waals surface area contributed by atoms with Crippen LogP contribution in [-0.2, 0) is 12.8 Å². The highest BCUT2D eigenvalue weighted by atomic mass is 14.7. The summed E-state index contributed by atoms with van der Waals surface area (Å²) in [6, 6.07) is 8.65. The van der Waals surface area contributed by atoms with E-state index in [2.05, 4.69) is 36.2 Å². The van der Waals surface area contributed by atoms with Crippen molar-refractivity contribution in [2.45, 2.75) is 39.2 Å². The number of pyridine rings is 1. The summed E-state index contributed by atoms with van der Waals surface area (Å²) in [6.45, 7) is 6.25. The monoisotopic (exact) mass is 228 g/mol. The summed E-state index contributed by atoms with van der Waals surface area (Å²) in [5, 5.41) is 2.49. The van der Waals surface area contributed by atoms with Crippen LogP contribution in [-0.4, -0.2) is 10.5 Å². The van der Waals surface area contributed by atoms with Crippen molar-refractivity contribution in [2.24, 2.45) is 5.73 Å². The number of nitrogens with two attached hydrogens (primary N) is 1. The molecule has 0 saturated carbocycles. The van der Waals surface area contributed by atoms with E-state index in [0.29, 0.717) is 0 Å². The molecule has 2 aromatic rings. The van der Waals surface area contributed by atoms with Crippen molar-refractivity contribution < 1.29 is 0 Å². The molecule has 17 heavy (non-hydrogen) atoms. The minimum atomic E-state index is -0.219. The smallest absolute Gasteiger partial charge is 0.0500 e. The van der Waals surface area contributed by atoms with E-state index in [1.165, 1.54) is 16.3 Å². The number of aryl methyl sites for hydroxylation is 1. The molecule has 0 radical (unpaired) electrons. The van der Waals surface area contributed by atoms with Gasteiger partial charge >= 0.3 is 0 Å². The number of aromatic nitrogens is 1. The molecule has 2 rings (SSSR count). The first-order valence-corrected chi connectivity index (χ1v) is 6.15. The fourth-order valence-corrected chi connectivity index (χ4v) is 2.07. The van der Waals surface area contributed by atoms with Crippen molar-refractivity contribution >= 4 is 10.8 Å². The van der Waals surface area contributed by atoms with Crippen molar-refractivity contribution in [1.82, 2.24) is 4.98 Å². The molecule has 0 aliphatic heterocycles. The minimum Gasteiger partial charge on any atom is -0.325 e. The lowest BCUT2D eigenvalue weighted by Gasteiger charge is -2.19. The van der Waals surface area contributed by atoms with Crippen LogP contribution in [0.1, 0.15) is 32.0 Å².